The lowest BCUT2D eigenvalue weighted by Gasteiger charge is -2.07. The van der Waals surface area contributed by atoms with Gasteiger partial charge in [-0.25, -0.2) is 9.97 Å². The van der Waals surface area contributed by atoms with Crippen molar-refractivity contribution in [1.82, 2.24) is 24.5 Å². The summed E-state index contributed by atoms with van der Waals surface area (Å²) in [7, 11) is 0. The summed E-state index contributed by atoms with van der Waals surface area (Å²) >= 11 is 1.36. The number of carbonyl (C=O) groups excluding carboxylic acids is 1. The Hall–Kier alpha value is -3.39. The van der Waals surface area contributed by atoms with Gasteiger partial charge in [-0.2, -0.15) is 0 Å². The maximum Gasteiger partial charge on any atom is 0.276 e. The second kappa shape index (κ2) is 7.08. The molecule has 0 saturated heterocycles. The standard InChI is InChI=1S/C19H16N6OS/c1-12-7-13(2)22-15(8-12)16-10-27-19(23-16)24-18(26)17-9-21-11-25(17)14-3-5-20-6-4-14/h3-11H,1-2H3,(H,23,24,26). The van der Waals surface area contributed by atoms with Gasteiger partial charge in [0.1, 0.15) is 11.4 Å². The average Bonchev–Trinajstić information content (AvgIpc) is 3.31. The number of aromatic nitrogens is 5. The summed E-state index contributed by atoms with van der Waals surface area (Å²) in [6, 6.07) is 7.61. The number of aryl methyl sites for hydroxylation is 2. The first-order valence-electron chi connectivity index (χ1n) is 8.25. The summed E-state index contributed by atoms with van der Waals surface area (Å²) in [5.41, 5.74) is 4.83. The Kier molecular flexibility index (Phi) is 4.47. The molecule has 7 nitrogen and oxygen atoms in total. The van der Waals surface area contributed by atoms with Crippen LogP contribution in [-0.4, -0.2) is 30.4 Å². The van der Waals surface area contributed by atoms with Gasteiger partial charge in [0.25, 0.3) is 5.91 Å². The first kappa shape index (κ1) is 17.0. The molecule has 0 aliphatic carbocycles. The number of carbonyl (C=O) groups is 1. The highest BCUT2D eigenvalue weighted by Crippen LogP contribution is 2.25. The fourth-order valence-electron chi connectivity index (χ4n) is 2.76. The molecule has 0 atom stereocenters. The van der Waals surface area contributed by atoms with Gasteiger partial charge in [0.05, 0.1) is 23.9 Å². The Morgan fingerprint density at radius 2 is 1.89 bits per heavy atom. The molecule has 8 heteroatoms. The molecule has 0 aliphatic rings. The maximum atomic E-state index is 12.7. The molecule has 0 unspecified atom stereocenters. The summed E-state index contributed by atoms with van der Waals surface area (Å²) in [5.74, 6) is -0.279. The Labute approximate surface area is 159 Å². The van der Waals surface area contributed by atoms with Crippen LogP contribution < -0.4 is 5.32 Å². The van der Waals surface area contributed by atoms with Crippen LogP contribution in [0.5, 0.6) is 0 Å². The van der Waals surface area contributed by atoms with Gasteiger partial charge >= 0.3 is 0 Å². The van der Waals surface area contributed by atoms with E-state index in [1.165, 1.54) is 17.5 Å². The van der Waals surface area contributed by atoms with E-state index in [0.717, 1.165) is 28.3 Å². The van der Waals surface area contributed by atoms with Gasteiger partial charge in [-0.1, -0.05) is 0 Å². The van der Waals surface area contributed by atoms with Crippen LogP contribution in [0.4, 0.5) is 5.13 Å². The summed E-state index contributed by atoms with van der Waals surface area (Å²) in [4.78, 5) is 29.8. The number of nitrogens with one attached hydrogen (secondary N) is 1. The molecule has 0 radical (unpaired) electrons. The van der Waals surface area contributed by atoms with Crippen molar-refractivity contribution < 1.29 is 4.79 Å². The highest BCUT2D eigenvalue weighted by molar-refractivity contribution is 7.14. The molecule has 0 aromatic carbocycles. The normalized spacial score (nSPS) is 10.7. The van der Waals surface area contributed by atoms with Gasteiger partial charge in [0, 0.05) is 23.5 Å². The molecule has 4 heterocycles. The van der Waals surface area contributed by atoms with Crippen molar-refractivity contribution in [3.8, 4) is 17.1 Å². The van der Waals surface area contributed by atoms with Crippen molar-refractivity contribution in [2.24, 2.45) is 0 Å². The van der Waals surface area contributed by atoms with E-state index in [-0.39, 0.29) is 5.91 Å². The zero-order valence-corrected chi connectivity index (χ0v) is 15.6. The van der Waals surface area contributed by atoms with E-state index in [9.17, 15) is 4.79 Å². The number of amides is 1. The summed E-state index contributed by atoms with van der Waals surface area (Å²) in [6.07, 6.45) is 6.45. The molecular formula is C19H16N6OS. The SMILES string of the molecule is Cc1cc(C)nc(-c2csc(NC(=O)c3cncn3-c3ccncc3)n2)c1. The summed E-state index contributed by atoms with van der Waals surface area (Å²) < 4.78 is 1.71. The van der Waals surface area contributed by atoms with Gasteiger partial charge in [-0.3, -0.25) is 24.6 Å². The van der Waals surface area contributed by atoms with Crippen molar-refractivity contribution in [3.63, 3.8) is 0 Å². The van der Waals surface area contributed by atoms with Crippen LogP contribution in [0.2, 0.25) is 0 Å². The van der Waals surface area contributed by atoms with E-state index in [4.69, 9.17) is 0 Å². The van der Waals surface area contributed by atoms with E-state index in [1.807, 2.05) is 43.5 Å². The van der Waals surface area contributed by atoms with Crippen LogP contribution in [0.25, 0.3) is 17.1 Å². The topological polar surface area (TPSA) is 85.6 Å². The van der Waals surface area contributed by atoms with E-state index < -0.39 is 0 Å². The van der Waals surface area contributed by atoms with Crippen LogP contribution in [0.15, 0.2) is 54.6 Å². The number of anilines is 1. The Morgan fingerprint density at radius 3 is 2.67 bits per heavy atom. The third-order valence-electron chi connectivity index (χ3n) is 3.90. The molecule has 0 aliphatic heterocycles. The van der Waals surface area contributed by atoms with E-state index >= 15 is 0 Å². The molecule has 27 heavy (non-hydrogen) atoms. The largest absolute Gasteiger partial charge is 0.296 e. The molecule has 4 aromatic heterocycles. The van der Waals surface area contributed by atoms with Gasteiger partial charge in [0.2, 0.25) is 0 Å². The van der Waals surface area contributed by atoms with Crippen molar-refractivity contribution in [1.29, 1.82) is 0 Å². The minimum Gasteiger partial charge on any atom is -0.296 e. The fraction of sp³-hybridized carbons (Fsp3) is 0.105. The van der Waals surface area contributed by atoms with Crippen molar-refractivity contribution in [2.45, 2.75) is 13.8 Å². The number of pyridine rings is 2. The predicted octanol–water partition coefficient (Wildman–Crippen LogP) is 3.65. The average molecular weight is 376 g/mol. The molecule has 0 saturated carbocycles. The Bertz CT molecular complexity index is 1080. The molecule has 134 valence electrons. The molecule has 0 bridgehead atoms. The van der Waals surface area contributed by atoms with Crippen LogP contribution in [-0.2, 0) is 0 Å². The second-order valence-corrected chi connectivity index (χ2v) is 6.88. The number of hydrogen-bond acceptors (Lipinski definition) is 6. The van der Waals surface area contributed by atoms with E-state index in [1.54, 1.807) is 23.3 Å². The van der Waals surface area contributed by atoms with Crippen LogP contribution in [0.3, 0.4) is 0 Å². The third kappa shape index (κ3) is 3.61. The monoisotopic (exact) mass is 376 g/mol. The molecule has 1 amide bonds. The highest BCUT2D eigenvalue weighted by Gasteiger charge is 2.15. The smallest absolute Gasteiger partial charge is 0.276 e. The van der Waals surface area contributed by atoms with E-state index in [0.29, 0.717) is 10.8 Å². The molecule has 4 aromatic rings. The first-order chi connectivity index (χ1) is 13.1. The molecule has 0 fully saturated rings. The molecule has 1 N–H and O–H groups in total. The van der Waals surface area contributed by atoms with Gasteiger partial charge < -0.3 is 0 Å². The van der Waals surface area contributed by atoms with E-state index in [2.05, 4.69) is 25.3 Å². The van der Waals surface area contributed by atoms with Gasteiger partial charge in [0.15, 0.2) is 5.13 Å². The fourth-order valence-corrected chi connectivity index (χ4v) is 3.46. The number of hydrogen-bond donors (Lipinski definition) is 1. The number of nitrogens with zero attached hydrogens (tertiary/aromatic N) is 5. The zero-order valence-electron chi connectivity index (χ0n) is 14.7. The van der Waals surface area contributed by atoms with Crippen LogP contribution >= 0.6 is 11.3 Å². The van der Waals surface area contributed by atoms with Crippen LogP contribution in [0, 0.1) is 13.8 Å². The minimum absolute atomic E-state index is 0.279. The lowest BCUT2D eigenvalue weighted by Crippen LogP contribution is -2.16. The lowest BCUT2D eigenvalue weighted by atomic mass is 10.2. The van der Waals surface area contributed by atoms with Crippen molar-refractivity contribution >= 4 is 22.4 Å². The van der Waals surface area contributed by atoms with Crippen molar-refractivity contribution in [2.75, 3.05) is 5.32 Å². The summed E-state index contributed by atoms with van der Waals surface area (Å²) in [5, 5.41) is 5.24. The number of thiazole rings is 1. The second-order valence-electron chi connectivity index (χ2n) is 6.02. The summed E-state index contributed by atoms with van der Waals surface area (Å²) in [6.45, 7) is 3.97. The van der Waals surface area contributed by atoms with Crippen LogP contribution in [0.1, 0.15) is 21.7 Å². The number of imidazole rings is 1. The molecule has 0 spiro atoms. The minimum atomic E-state index is -0.279. The Morgan fingerprint density at radius 1 is 1.07 bits per heavy atom. The Balaban J connectivity index is 1.57. The zero-order chi connectivity index (χ0) is 18.8. The van der Waals surface area contributed by atoms with Gasteiger partial charge in [-0.15, -0.1) is 11.3 Å². The number of rotatable bonds is 4. The molecular weight excluding hydrogens is 360 g/mol. The quantitative estimate of drug-likeness (QED) is 0.587. The first-order valence-corrected chi connectivity index (χ1v) is 9.13. The predicted molar refractivity (Wildman–Crippen MR) is 104 cm³/mol. The lowest BCUT2D eigenvalue weighted by molar-refractivity contribution is 0.102. The third-order valence-corrected chi connectivity index (χ3v) is 4.65. The van der Waals surface area contributed by atoms with Crippen molar-refractivity contribution in [3.05, 3.63) is 71.5 Å². The maximum absolute atomic E-state index is 12.7. The molecule has 4 rings (SSSR count). The van der Waals surface area contributed by atoms with Gasteiger partial charge in [-0.05, 0) is 43.7 Å². The highest BCUT2D eigenvalue weighted by atomic mass is 32.1.